The Balaban J connectivity index is 1.61. The van der Waals surface area contributed by atoms with Crippen LogP contribution in [0.25, 0.3) is 11.1 Å². The lowest BCUT2D eigenvalue weighted by Crippen LogP contribution is -2.35. The fraction of sp³-hybridized carbons (Fsp3) is 0.206. The standard InChI is InChI=1S/C34H34N2O4/c1-24-15-17-26(18-16-24)23-35-33(39)30-13-7-5-11-28(30)29-12-6-8-14-31(29)34(40)36(22-20-32(37)38)21-19-27-10-4-3-9-25(27)2/h3-18H,19-23H2,1-2H3,(H,35,39)(H,37,38). The molecule has 2 N–H and O–H groups in total. The van der Waals surface area contributed by atoms with Gasteiger partial charge in [-0.3, -0.25) is 14.4 Å². The molecule has 4 aromatic carbocycles. The van der Waals surface area contributed by atoms with Crippen molar-refractivity contribution in [3.8, 4) is 11.1 Å². The number of nitrogens with one attached hydrogen (secondary N) is 1. The summed E-state index contributed by atoms with van der Waals surface area (Å²) in [6.45, 7) is 4.89. The van der Waals surface area contributed by atoms with Gasteiger partial charge in [0, 0.05) is 30.8 Å². The van der Waals surface area contributed by atoms with Crippen LogP contribution in [0.15, 0.2) is 97.1 Å². The van der Waals surface area contributed by atoms with E-state index < -0.39 is 5.97 Å². The molecule has 0 radical (unpaired) electrons. The Labute approximate surface area is 235 Å². The van der Waals surface area contributed by atoms with Crippen LogP contribution in [0.2, 0.25) is 0 Å². The van der Waals surface area contributed by atoms with E-state index in [0.717, 1.165) is 22.3 Å². The van der Waals surface area contributed by atoms with Crippen LogP contribution >= 0.6 is 0 Å². The quantitative estimate of drug-likeness (QED) is 0.245. The molecule has 0 aliphatic rings. The zero-order valence-corrected chi connectivity index (χ0v) is 22.9. The van der Waals surface area contributed by atoms with Gasteiger partial charge in [0.25, 0.3) is 11.8 Å². The Morgan fingerprint density at radius 2 is 1.32 bits per heavy atom. The molecule has 6 heteroatoms. The van der Waals surface area contributed by atoms with E-state index in [1.165, 1.54) is 0 Å². The van der Waals surface area contributed by atoms with Gasteiger partial charge in [0.1, 0.15) is 0 Å². The highest BCUT2D eigenvalue weighted by molar-refractivity contribution is 6.06. The Kier molecular flexibility index (Phi) is 9.47. The van der Waals surface area contributed by atoms with Crippen molar-refractivity contribution in [3.63, 3.8) is 0 Å². The van der Waals surface area contributed by atoms with Crippen molar-refractivity contribution in [2.24, 2.45) is 0 Å². The zero-order chi connectivity index (χ0) is 28.5. The van der Waals surface area contributed by atoms with Gasteiger partial charge in [0.2, 0.25) is 0 Å². The summed E-state index contributed by atoms with van der Waals surface area (Å²) in [5, 5.41) is 12.3. The number of carboxylic acid groups (broad SMARTS) is 1. The van der Waals surface area contributed by atoms with E-state index >= 15 is 0 Å². The second-order valence-electron chi connectivity index (χ2n) is 9.87. The molecule has 0 saturated heterocycles. The summed E-state index contributed by atoms with van der Waals surface area (Å²) in [6.07, 6.45) is 0.456. The van der Waals surface area contributed by atoms with Gasteiger partial charge < -0.3 is 15.3 Å². The number of hydrogen-bond donors (Lipinski definition) is 2. The Hall–Kier alpha value is -4.71. The Morgan fingerprint density at radius 3 is 2.00 bits per heavy atom. The number of nitrogens with zero attached hydrogens (tertiary/aromatic N) is 1. The summed E-state index contributed by atoms with van der Waals surface area (Å²) < 4.78 is 0. The average molecular weight is 535 g/mol. The van der Waals surface area contributed by atoms with Crippen LogP contribution < -0.4 is 5.32 Å². The van der Waals surface area contributed by atoms with Crippen molar-refractivity contribution in [2.45, 2.75) is 33.2 Å². The number of carbonyl (C=O) groups is 3. The number of aryl methyl sites for hydroxylation is 2. The summed E-state index contributed by atoms with van der Waals surface area (Å²) >= 11 is 0. The first-order valence-electron chi connectivity index (χ1n) is 13.4. The van der Waals surface area contributed by atoms with Crippen molar-refractivity contribution in [3.05, 3.63) is 130 Å². The molecule has 0 atom stereocenters. The van der Waals surface area contributed by atoms with Gasteiger partial charge in [0.05, 0.1) is 6.42 Å². The normalized spacial score (nSPS) is 10.7. The second-order valence-corrected chi connectivity index (χ2v) is 9.87. The molecule has 4 aromatic rings. The minimum Gasteiger partial charge on any atom is -0.481 e. The summed E-state index contributed by atoms with van der Waals surface area (Å²) in [5.74, 6) is -1.46. The molecule has 0 saturated carbocycles. The van der Waals surface area contributed by atoms with Crippen LogP contribution in [0.4, 0.5) is 0 Å². The van der Waals surface area contributed by atoms with Gasteiger partial charge in [-0.25, -0.2) is 0 Å². The van der Waals surface area contributed by atoms with Crippen molar-refractivity contribution in [1.82, 2.24) is 10.2 Å². The maximum atomic E-state index is 13.9. The number of rotatable bonds is 11. The third-order valence-corrected chi connectivity index (χ3v) is 6.99. The summed E-state index contributed by atoms with van der Waals surface area (Å²) in [4.78, 5) is 40.2. The SMILES string of the molecule is Cc1ccc(CNC(=O)c2ccccc2-c2ccccc2C(=O)N(CCC(=O)O)CCc2ccccc2C)cc1. The predicted octanol–water partition coefficient (Wildman–Crippen LogP) is 6.06. The lowest BCUT2D eigenvalue weighted by Gasteiger charge is -2.24. The number of benzene rings is 4. The van der Waals surface area contributed by atoms with E-state index in [1.807, 2.05) is 86.6 Å². The minimum atomic E-state index is -0.961. The molecule has 0 bridgehead atoms. The lowest BCUT2D eigenvalue weighted by atomic mass is 9.94. The third-order valence-electron chi connectivity index (χ3n) is 6.99. The molecule has 0 unspecified atom stereocenters. The molecule has 40 heavy (non-hydrogen) atoms. The van der Waals surface area contributed by atoms with Crippen LogP contribution in [0.5, 0.6) is 0 Å². The molecule has 0 fully saturated rings. The van der Waals surface area contributed by atoms with Crippen molar-refractivity contribution in [2.75, 3.05) is 13.1 Å². The summed E-state index contributed by atoms with van der Waals surface area (Å²) in [7, 11) is 0. The zero-order valence-electron chi connectivity index (χ0n) is 22.9. The molecule has 6 nitrogen and oxygen atoms in total. The number of carboxylic acids is 1. The first-order valence-corrected chi connectivity index (χ1v) is 13.4. The van der Waals surface area contributed by atoms with Gasteiger partial charge in [-0.2, -0.15) is 0 Å². The van der Waals surface area contributed by atoms with Crippen molar-refractivity contribution < 1.29 is 19.5 Å². The fourth-order valence-electron chi connectivity index (χ4n) is 4.67. The van der Waals surface area contributed by atoms with Crippen LogP contribution in [0, 0.1) is 13.8 Å². The topological polar surface area (TPSA) is 86.7 Å². The van der Waals surface area contributed by atoms with E-state index in [1.54, 1.807) is 29.2 Å². The van der Waals surface area contributed by atoms with Crippen LogP contribution in [-0.4, -0.2) is 40.9 Å². The first-order chi connectivity index (χ1) is 19.3. The van der Waals surface area contributed by atoms with Gasteiger partial charge in [-0.05, 0) is 60.2 Å². The molecular formula is C34H34N2O4. The second kappa shape index (κ2) is 13.4. The smallest absolute Gasteiger partial charge is 0.305 e. The summed E-state index contributed by atoms with van der Waals surface area (Å²) in [6, 6.07) is 30.4. The monoisotopic (exact) mass is 534 g/mol. The van der Waals surface area contributed by atoms with E-state index in [2.05, 4.69) is 5.32 Å². The Bertz CT molecular complexity index is 1490. The van der Waals surface area contributed by atoms with Gasteiger partial charge >= 0.3 is 5.97 Å². The number of aliphatic carboxylic acids is 1. The molecule has 2 amide bonds. The highest BCUT2D eigenvalue weighted by Crippen LogP contribution is 2.28. The largest absolute Gasteiger partial charge is 0.481 e. The van der Waals surface area contributed by atoms with Crippen molar-refractivity contribution >= 4 is 17.8 Å². The fourth-order valence-corrected chi connectivity index (χ4v) is 4.67. The maximum absolute atomic E-state index is 13.9. The van der Waals surface area contributed by atoms with Gasteiger partial charge in [-0.1, -0.05) is 90.5 Å². The minimum absolute atomic E-state index is 0.0903. The molecule has 204 valence electrons. The number of hydrogen-bond acceptors (Lipinski definition) is 3. The van der Waals surface area contributed by atoms with Crippen LogP contribution in [0.1, 0.15) is 49.4 Å². The molecule has 0 heterocycles. The highest BCUT2D eigenvalue weighted by atomic mass is 16.4. The molecule has 0 aliphatic heterocycles. The van der Waals surface area contributed by atoms with Crippen LogP contribution in [-0.2, 0) is 17.8 Å². The third kappa shape index (κ3) is 7.23. The van der Waals surface area contributed by atoms with Gasteiger partial charge in [-0.15, -0.1) is 0 Å². The number of amides is 2. The van der Waals surface area contributed by atoms with E-state index in [-0.39, 0.29) is 24.8 Å². The molecule has 0 aromatic heterocycles. The van der Waals surface area contributed by atoms with E-state index in [9.17, 15) is 19.5 Å². The molecule has 0 aliphatic carbocycles. The predicted molar refractivity (Wildman–Crippen MR) is 157 cm³/mol. The maximum Gasteiger partial charge on any atom is 0.305 e. The number of carbonyl (C=O) groups excluding carboxylic acids is 2. The first kappa shape index (κ1) is 28.3. The molecule has 0 spiro atoms. The Morgan fingerprint density at radius 1 is 0.725 bits per heavy atom. The molecule has 4 rings (SSSR count). The van der Waals surface area contributed by atoms with E-state index in [4.69, 9.17) is 0 Å². The lowest BCUT2D eigenvalue weighted by molar-refractivity contribution is -0.137. The average Bonchev–Trinajstić information content (AvgIpc) is 2.97. The van der Waals surface area contributed by atoms with Crippen molar-refractivity contribution in [1.29, 1.82) is 0 Å². The molecular weight excluding hydrogens is 500 g/mol. The van der Waals surface area contributed by atoms with E-state index in [0.29, 0.717) is 41.8 Å². The van der Waals surface area contributed by atoms with Gasteiger partial charge in [0.15, 0.2) is 0 Å². The highest BCUT2D eigenvalue weighted by Gasteiger charge is 2.22. The summed E-state index contributed by atoms with van der Waals surface area (Å²) in [5.41, 5.74) is 6.55. The van der Waals surface area contributed by atoms with Crippen LogP contribution in [0.3, 0.4) is 0 Å².